The summed E-state index contributed by atoms with van der Waals surface area (Å²) in [6.45, 7) is 0.340. The second-order valence-corrected chi connectivity index (χ2v) is 6.39. The van der Waals surface area contributed by atoms with E-state index in [2.05, 4.69) is 21.2 Å². The van der Waals surface area contributed by atoms with Crippen molar-refractivity contribution in [3.05, 3.63) is 58.2 Å². The Bertz CT molecular complexity index is 895. The average molecular weight is 403 g/mol. The van der Waals surface area contributed by atoms with Crippen molar-refractivity contribution in [3.8, 4) is 11.5 Å². The van der Waals surface area contributed by atoms with Crippen LogP contribution in [-0.2, 0) is 13.6 Å². The maximum absolute atomic E-state index is 12.7. The summed E-state index contributed by atoms with van der Waals surface area (Å²) in [6, 6.07) is 13.4. The smallest absolute Gasteiger partial charge is 0.269 e. The number of hydrogen-bond acceptors (Lipinski definition) is 3. The van der Waals surface area contributed by atoms with E-state index in [9.17, 15) is 4.79 Å². The van der Waals surface area contributed by atoms with Crippen LogP contribution in [-0.4, -0.2) is 24.7 Å². The lowest BCUT2D eigenvalue weighted by Gasteiger charge is -2.12. The van der Waals surface area contributed by atoms with Gasteiger partial charge in [0.15, 0.2) is 0 Å². The van der Waals surface area contributed by atoms with Crippen LogP contribution in [0.1, 0.15) is 16.1 Å². The minimum absolute atomic E-state index is 0.157. The molecule has 0 spiro atoms. The lowest BCUT2D eigenvalue weighted by Crippen LogP contribution is -2.25. The van der Waals surface area contributed by atoms with Crippen LogP contribution >= 0.6 is 15.9 Å². The van der Waals surface area contributed by atoms with Crippen molar-refractivity contribution in [2.75, 3.05) is 14.2 Å². The highest BCUT2D eigenvalue weighted by Gasteiger charge is 2.19. The SMILES string of the molecule is COc1ccc(OC)c(CNC(=O)c2c(Br)c3ccccc3n2C)c1. The first-order chi connectivity index (χ1) is 12.1. The van der Waals surface area contributed by atoms with Gasteiger partial charge >= 0.3 is 0 Å². The standard InChI is InChI=1S/C19H19BrN2O3/c1-22-15-7-5-4-6-14(15)17(20)18(22)19(23)21-11-12-10-13(24-2)8-9-16(12)25-3/h4-10H,11H2,1-3H3,(H,21,23). The first kappa shape index (κ1) is 17.4. The molecule has 25 heavy (non-hydrogen) atoms. The number of nitrogens with zero attached hydrogens (tertiary/aromatic N) is 1. The number of ether oxygens (including phenoxy) is 2. The molecule has 0 aliphatic carbocycles. The zero-order chi connectivity index (χ0) is 18.0. The van der Waals surface area contributed by atoms with Gasteiger partial charge in [0.2, 0.25) is 0 Å². The number of fused-ring (bicyclic) bond motifs is 1. The molecule has 6 heteroatoms. The summed E-state index contributed by atoms with van der Waals surface area (Å²) in [6.07, 6.45) is 0. The maximum atomic E-state index is 12.7. The predicted molar refractivity (Wildman–Crippen MR) is 101 cm³/mol. The van der Waals surface area contributed by atoms with Crippen molar-refractivity contribution in [2.45, 2.75) is 6.54 Å². The third-order valence-electron chi connectivity index (χ3n) is 4.19. The average Bonchev–Trinajstić information content (AvgIpc) is 2.90. The Morgan fingerprint density at radius 1 is 1.16 bits per heavy atom. The van der Waals surface area contributed by atoms with Gasteiger partial charge in [0.05, 0.1) is 18.7 Å². The van der Waals surface area contributed by atoms with Crippen molar-refractivity contribution in [1.29, 1.82) is 0 Å². The Morgan fingerprint density at radius 3 is 2.60 bits per heavy atom. The number of benzene rings is 2. The molecule has 0 fully saturated rings. The number of nitrogens with one attached hydrogen (secondary N) is 1. The Morgan fingerprint density at radius 2 is 1.92 bits per heavy atom. The third-order valence-corrected chi connectivity index (χ3v) is 4.99. The highest BCUT2D eigenvalue weighted by Crippen LogP contribution is 2.30. The van der Waals surface area contributed by atoms with Crippen molar-refractivity contribution in [2.24, 2.45) is 7.05 Å². The summed E-state index contributed by atoms with van der Waals surface area (Å²) in [4.78, 5) is 12.7. The number of para-hydroxylation sites is 1. The van der Waals surface area contributed by atoms with E-state index in [1.165, 1.54) is 0 Å². The normalized spacial score (nSPS) is 10.7. The number of methoxy groups -OCH3 is 2. The van der Waals surface area contributed by atoms with E-state index in [0.717, 1.165) is 26.7 Å². The second-order valence-electron chi connectivity index (χ2n) is 5.60. The minimum Gasteiger partial charge on any atom is -0.497 e. The summed E-state index contributed by atoms with van der Waals surface area (Å²) in [5.41, 5.74) is 2.44. The van der Waals surface area contributed by atoms with Gasteiger partial charge in [0.25, 0.3) is 5.91 Å². The zero-order valence-electron chi connectivity index (χ0n) is 14.3. The maximum Gasteiger partial charge on any atom is 0.269 e. The van der Waals surface area contributed by atoms with Crippen LogP contribution in [0, 0.1) is 0 Å². The van der Waals surface area contributed by atoms with E-state index in [-0.39, 0.29) is 5.91 Å². The fourth-order valence-corrected chi connectivity index (χ4v) is 3.66. The first-order valence-electron chi connectivity index (χ1n) is 7.78. The topological polar surface area (TPSA) is 52.5 Å². The highest BCUT2D eigenvalue weighted by atomic mass is 79.9. The molecule has 0 radical (unpaired) electrons. The van der Waals surface area contributed by atoms with E-state index in [1.54, 1.807) is 14.2 Å². The molecule has 0 aliphatic heterocycles. The summed E-state index contributed by atoms with van der Waals surface area (Å²) >= 11 is 3.55. The molecule has 1 amide bonds. The molecule has 130 valence electrons. The van der Waals surface area contributed by atoms with E-state index >= 15 is 0 Å². The monoisotopic (exact) mass is 402 g/mol. The van der Waals surface area contributed by atoms with Gasteiger partial charge in [-0.05, 0) is 40.2 Å². The van der Waals surface area contributed by atoms with Gasteiger partial charge in [0, 0.05) is 30.1 Å². The highest BCUT2D eigenvalue weighted by molar-refractivity contribution is 9.10. The van der Waals surface area contributed by atoms with Crippen LogP contribution in [0.4, 0.5) is 0 Å². The number of hydrogen-bond donors (Lipinski definition) is 1. The van der Waals surface area contributed by atoms with Crippen LogP contribution in [0.5, 0.6) is 11.5 Å². The van der Waals surface area contributed by atoms with Gasteiger partial charge in [-0.2, -0.15) is 0 Å². The summed E-state index contributed by atoms with van der Waals surface area (Å²) in [5, 5.41) is 3.97. The second kappa shape index (κ2) is 7.19. The molecule has 1 N–H and O–H groups in total. The van der Waals surface area contributed by atoms with Crippen molar-refractivity contribution in [1.82, 2.24) is 9.88 Å². The Labute approximate surface area is 154 Å². The van der Waals surface area contributed by atoms with Gasteiger partial charge < -0.3 is 19.4 Å². The van der Waals surface area contributed by atoms with Gasteiger partial charge in [0.1, 0.15) is 17.2 Å². The fraction of sp³-hybridized carbons (Fsp3) is 0.211. The number of rotatable bonds is 5. The van der Waals surface area contributed by atoms with Crippen LogP contribution in [0.3, 0.4) is 0 Å². The molecule has 2 aromatic carbocycles. The van der Waals surface area contributed by atoms with E-state index in [1.807, 2.05) is 54.1 Å². The third kappa shape index (κ3) is 3.22. The summed E-state index contributed by atoms with van der Waals surface area (Å²) in [7, 11) is 5.10. The van der Waals surface area contributed by atoms with Crippen molar-refractivity contribution in [3.63, 3.8) is 0 Å². The molecule has 1 aromatic heterocycles. The largest absolute Gasteiger partial charge is 0.497 e. The molecule has 0 bridgehead atoms. The number of amides is 1. The Hall–Kier alpha value is -2.47. The molecule has 3 rings (SSSR count). The zero-order valence-corrected chi connectivity index (χ0v) is 15.9. The molecule has 0 saturated carbocycles. The number of halogens is 1. The molecule has 0 aliphatic rings. The summed E-state index contributed by atoms with van der Waals surface area (Å²) in [5.74, 6) is 1.27. The van der Waals surface area contributed by atoms with Gasteiger partial charge in [-0.1, -0.05) is 18.2 Å². The van der Waals surface area contributed by atoms with Crippen molar-refractivity contribution < 1.29 is 14.3 Å². The van der Waals surface area contributed by atoms with Gasteiger partial charge in [-0.3, -0.25) is 4.79 Å². The molecule has 0 saturated heterocycles. The number of carbonyl (C=O) groups is 1. The molecule has 3 aromatic rings. The van der Waals surface area contributed by atoms with Crippen LogP contribution < -0.4 is 14.8 Å². The number of aromatic nitrogens is 1. The Kier molecular flexibility index (Phi) is 4.99. The van der Waals surface area contributed by atoms with Gasteiger partial charge in [-0.15, -0.1) is 0 Å². The molecule has 5 nitrogen and oxygen atoms in total. The molecular weight excluding hydrogens is 384 g/mol. The molecular formula is C19H19BrN2O3. The number of carbonyl (C=O) groups excluding carboxylic acids is 1. The minimum atomic E-state index is -0.157. The lowest BCUT2D eigenvalue weighted by molar-refractivity contribution is 0.0942. The quantitative estimate of drug-likeness (QED) is 0.704. The Balaban J connectivity index is 1.87. The lowest BCUT2D eigenvalue weighted by atomic mass is 10.2. The molecule has 0 unspecified atom stereocenters. The van der Waals surface area contributed by atoms with E-state index in [0.29, 0.717) is 18.0 Å². The molecule has 0 atom stereocenters. The van der Waals surface area contributed by atoms with Gasteiger partial charge in [-0.25, -0.2) is 0 Å². The number of aryl methyl sites for hydroxylation is 1. The molecule has 1 heterocycles. The summed E-state index contributed by atoms with van der Waals surface area (Å²) < 4.78 is 13.3. The van der Waals surface area contributed by atoms with E-state index < -0.39 is 0 Å². The van der Waals surface area contributed by atoms with Crippen LogP contribution in [0.25, 0.3) is 10.9 Å². The van der Waals surface area contributed by atoms with Crippen LogP contribution in [0.15, 0.2) is 46.9 Å². The first-order valence-corrected chi connectivity index (χ1v) is 8.58. The van der Waals surface area contributed by atoms with Crippen LogP contribution in [0.2, 0.25) is 0 Å². The van der Waals surface area contributed by atoms with E-state index in [4.69, 9.17) is 9.47 Å². The van der Waals surface area contributed by atoms with Crippen molar-refractivity contribution >= 4 is 32.7 Å². The predicted octanol–water partition coefficient (Wildman–Crippen LogP) is 3.89. The fourth-order valence-electron chi connectivity index (χ4n) is 2.88.